The number of rotatable bonds is 3. The third-order valence-corrected chi connectivity index (χ3v) is 14.9. The molecule has 1 saturated heterocycles. The molecule has 0 spiro atoms. The van der Waals surface area contributed by atoms with E-state index >= 15 is 0 Å². The number of ether oxygens (including phenoxy) is 3. The maximum atomic E-state index is 12.0. The zero-order valence-electron chi connectivity index (χ0n) is 28.6. The highest BCUT2D eigenvalue weighted by Gasteiger charge is 2.64. The van der Waals surface area contributed by atoms with Crippen LogP contribution in [0.2, 0.25) is 0 Å². The molecule has 3 N–H and O–H groups in total. The Kier molecular flexibility index (Phi) is 8.26. The van der Waals surface area contributed by atoms with Gasteiger partial charge in [-0.1, -0.05) is 60.1 Å². The van der Waals surface area contributed by atoms with Crippen LogP contribution in [0.5, 0.6) is 0 Å². The molecule has 5 fully saturated rings. The standard InChI is InChI=1S/C37H60O7/c1-21(38)43-28-14-17-36(7)23-10-12-27-35(6,19-22(23)9-11-25(36)33(28,2)3)16-13-26-34(4,5)29(15-18-37(26,27)8)44-32-31(41)30(40)24(39)20-42-32/h9,23-32,39-41H,10-20H2,1-8H3. The predicted molar refractivity (Wildman–Crippen MR) is 168 cm³/mol. The summed E-state index contributed by atoms with van der Waals surface area (Å²) in [6, 6.07) is 0. The van der Waals surface area contributed by atoms with Gasteiger partial charge in [0.25, 0.3) is 0 Å². The molecule has 4 saturated carbocycles. The number of carbonyl (C=O) groups is 1. The van der Waals surface area contributed by atoms with Gasteiger partial charge in [0, 0.05) is 12.3 Å². The molecule has 0 aromatic carbocycles. The van der Waals surface area contributed by atoms with Crippen LogP contribution >= 0.6 is 0 Å². The number of carbonyl (C=O) groups excluding carboxylic acids is 1. The van der Waals surface area contributed by atoms with Gasteiger partial charge < -0.3 is 29.5 Å². The summed E-state index contributed by atoms with van der Waals surface area (Å²) in [7, 11) is 0. The summed E-state index contributed by atoms with van der Waals surface area (Å²) in [5.74, 6) is 2.04. The van der Waals surface area contributed by atoms with Gasteiger partial charge in [-0.3, -0.25) is 4.79 Å². The number of allylic oxidation sites excluding steroid dienone is 2. The second kappa shape index (κ2) is 11.0. The number of aliphatic hydroxyl groups is 3. The van der Waals surface area contributed by atoms with Crippen molar-refractivity contribution in [2.75, 3.05) is 6.61 Å². The van der Waals surface area contributed by atoms with Crippen LogP contribution in [0, 0.1) is 50.7 Å². The molecule has 13 unspecified atom stereocenters. The Hall–Kier alpha value is -0.990. The van der Waals surface area contributed by atoms with Crippen molar-refractivity contribution in [1.29, 1.82) is 0 Å². The van der Waals surface area contributed by atoms with Gasteiger partial charge in [-0.05, 0) is 110 Å². The van der Waals surface area contributed by atoms with Crippen LogP contribution in [0.15, 0.2) is 11.6 Å². The fourth-order valence-electron chi connectivity index (χ4n) is 12.6. The van der Waals surface area contributed by atoms with E-state index in [1.165, 1.54) is 32.1 Å². The zero-order chi connectivity index (χ0) is 32.0. The Morgan fingerprint density at radius 1 is 0.795 bits per heavy atom. The molecule has 250 valence electrons. The maximum Gasteiger partial charge on any atom is 0.302 e. The molecule has 5 aliphatic carbocycles. The lowest BCUT2D eigenvalue weighted by molar-refractivity contribution is -0.306. The summed E-state index contributed by atoms with van der Waals surface area (Å²) in [5.41, 5.74) is 2.22. The van der Waals surface area contributed by atoms with Gasteiger partial charge in [-0.15, -0.1) is 0 Å². The molecule has 0 amide bonds. The molecule has 1 aliphatic heterocycles. The molecule has 0 aromatic rings. The van der Waals surface area contributed by atoms with Gasteiger partial charge in [0.05, 0.1) is 12.7 Å². The van der Waals surface area contributed by atoms with Crippen LogP contribution in [0.1, 0.15) is 120 Å². The van der Waals surface area contributed by atoms with Crippen LogP contribution in [0.4, 0.5) is 0 Å². The average Bonchev–Trinajstić information content (AvgIpc) is 3.09. The number of hydrogen-bond acceptors (Lipinski definition) is 7. The van der Waals surface area contributed by atoms with Gasteiger partial charge >= 0.3 is 5.97 Å². The van der Waals surface area contributed by atoms with E-state index in [4.69, 9.17) is 14.2 Å². The molecule has 0 radical (unpaired) electrons. The maximum absolute atomic E-state index is 12.0. The van der Waals surface area contributed by atoms with Crippen molar-refractivity contribution in [3.05, 3.63) is 11.6 Å². The van der Waals surface area contributed by atoms with Crippen molar-refractivity contribution in [2.24, 2.45) is 50.7 Å². The quantitative estimate of drug-likeness (QED) is 0.198. The van der Waals surface area contributed by atoms with Crippen LogP contribution < -0.4 is 0 Å². The van der Waals surface area contributed by atoms with E-state index in [1.54, 1.807) is 12.5 Å². The second-order valence-electron chi connectivity index (χ2n) is 17.9. The molecular formula is C37H60O7. The number of aliphatic hydroxyl groups excluding tert-OH is 3. The van der Waals surface area contributed by atoms with Gasteiger partial charge in [0.2, 0.25) is 0 Å². The Bertz CT molecular complexity index is 1150. The van der Waals surface area contributed by atoms with Gasteiger partial charge in [-0.2, -0.15) is 0 Å². The molecule has 1 heterocycles. The van der Waals surface area contributed by atoms with E-state index in [-0.39, 0.29) is 51.9 Å². The van der Waals surface area contributed by atoms with Crippen LogP contribution in [0.3, 0.4) is 0 Å². The predicted octanol–water partition coefficient (Wildman–Crippen LogP) is 6.17. The lowest BCUT2D eigenvalue weighted by atomic mass is 9.42. The van der Waals surface area contributed by atoms with Crippen molar-refractivity contribution >= 4 is 5.97 Å². The van der Waals surface area contributed by atoms with E-state index < -0.39 is 24.6 Å². The summed E-state index contributed by atoms with van der Waals surface area (Å²) >= 11 is 0. The SMILES string of the molecule is CC(=O)OC1CCC2(C)C3CCC4C(C)(CCC5C(C)(C)C(OC6OCC(O)C(O)C6O)CCC45C)CC3=CCC2C1(C)C. The van der Waals surface area contributed by atoms with E-state index in [0.29, 0.717) is 23.7 Å². The van der Waals surface area contributed by atoms with Crippen molar-refractivity contribution in [3.8, 4) is 0 Å². The lowest BCUT2D eigenvalue weighted by Crippen LogP contribution is -2.61. The average molecular weight is 617 g/mol. The van der Waals surface area contributed by atoms with Crippen LogP contribution in [0.25, 0.3) is 0 Å². The Labute approximate surface area is 265 Å². The van der Waals surface area contributed by atoms with E-state index in [0.717, 1.165) is 32.1 Å². The Morgan fingerprint density at radius 3 is 2.16 bits per heavy atom. The molecule has 7 heteroatoms. The van der Waals surface area contributed by atoms with E-state index in [2.05, 4.69) is 54.5 Å². The third kappa shape index (κ3) is 4.96. The number of fused-ring (bicyclic) bond motifs is 6. The first-order chi connectivity index (χ1) is 20.4. The second-order valence-corrected chi connectivity index (χ2v) is 17.9. The summed E-state index contributed by atoms with van der Waals surface area (Å²) < 4.78 is 18.1. The minimum atomic E-state index is -1.26. The van der Waals surface area contributed by atoms with Gasteiger partial charge in [0.1, 0.15) is 24.4 Å². The number of esters is 1. The summed E-state index contributed by atoms with van der Waals surface area (Å²) in [5, 5.41) is 30.8. The highest BCUT2D eigenvalue weighted by atomic mass is 16.7. The Morgan fingerprint density at radius 2 is 1.45 bits per heavy atom. The van der Waals surface area contributed by atoms with Crippen LogP contribution in [-0.2, 0) is 19.0 Å². The van der Waals surface area contributed by atoms with E-state index in [1.807, 2.05) is 0 Å². The summed E-state index contributed by atoms with van der Waals surface area (Å²) in [6.07, 6.45) is 9.20. The highest BCUT2D eigenvalue weighted by Crippen LogP contribution is 2.70. The molecule has 7 nitrogen and oxygen atoms in total. The van der Waals surface area contributed by atoms with Crippen molar-refractivity contribution in [1.82, 2.24) is 0 Å². The fraction of sp³-hybridized carbons (Fsp3) is 0.919. The molecule has 0 aromatic heterocycles. The van der Waals surface area contributed by atoms with Crippen molar-refractivity contribution in [3.63, 3.8) is 0 Å². The van der Waals surface area contributed by atoms with E-state index in [9.17, 15) is 20.1 Å². The largest absolute Gasteiger partial charge is 0.462 e. The third-order valence-electron chi connectivity index (χ3n) is 14.9. The minimum absolute atomic E-state index is 0.00772. The Balaban J connectivity index is 1.23. The monoisotopic (exact) mass is 616 g/mol. The molecular weight excluding hydrogens is 556 g/mol. The summed E-state index contributed by atoms with van der Waals surface area (Å²) in [6.45, 7) is 18.6. The first-order valence-electron chi connectivity index (χ1n) is 17.6. The first-order valence-corrected chi connectivity index (χ1v) is 17.6. The van der Waals surface area contributed by atoms with Crippen molar-refractivity contribution < 1.29 is 34.3 Å². The first kappa shape index (κ1) is 32.9. The summed E-state index contributed by atoms with van der Waals surface area (Å²) in [4.78, 5) is 12.0. The topological polar surface area (TPSA) is 105 Å². The highest BCUT2D eigenvalue weighted by molar-refractivity contribution is 5.66. The smallest absolute Gasteiger partial charge is 0.302 e. The molecule has 6 aliphatic rings. The van der Waals surface area contributed by atoms with Gasteiger partial charge in [-0.25, -0.2) is 0 Å². The minimum Gasteiger partial charge on any atom is -0.462 e. The lowest BCUT2D eigenvalue weighted by Gasteiger charge is -2.64. The molecule has 0 bridgehead atoms. The molecule has 44 heavy (non-hydrogen) atoms. The molecule has 6 rings (SSSR count). The normalized spacial score (nSPS) is 51.4. The van der Waals surface area contributed by atoms with Crippen molar-refractivity contribution in [2.45, 2.75) is 156 Å². The zero-order valence-corrected chi connectivity index (χ0v) is 28.6. The van der Waals surface area contributed by atoms with Gasteiger partial charge in [0.15, 0.2) is 6.29 Å². The van der Waals surface area contributed by atoms with Crippen LogP contribution in [-0.4, -0.2) is 64.7 Å². The molecule has 13 atom stereocenters. The fourth-order valence-corrected chi connectivity index (χ4v) is 12.6. The number of hydrogen-bond donors (Lipinski definition) is 3.